The van der Waals surface area contributed by atoms with Gasteiger partial charge in [0.1, 0.15) is 17.2 Å². The smallest absolute Gasteiger partial charge is 0.408 e. The summed E-state index contributed by atoms with van der Waals surface area (Å²) in [5.41, 5.74) is 10.7. The second-order valence-electron chi connectivity index (χ2n) is 17.1. The topological polar surface area (TPSA) is 241 Å². The van der Waals surface area contributed by atoms with Crippen LogP contribution in [-0.4, -0.2) is 112 Å². The molecule has 1 heterocycles. The van der Waals surface area contributed by atoms with E-state index in [4.69, 9.17) is 20.9 Å². The van der Waals surface area contributed by atoms with Gasteiger partial charge < -0.3 is 47.1 Å². The fourth-order valence-corrected chi connectivity index (χ4v) is 7.52. The van der Waals surface area contributed by atoms with Gasteiger partial charge >= 0.3 is 12.2 Å². The van der Waals surface area contributed by atoms with Gasteiger partial charge in [-0.15, -0.1) is 11.8 Å². The van der Waals surface area contributed by atoms with E-state index >= 15 is 0 Å². The SMILES string of the molecule is CC(C)C[C@H](NC(=O)OC(C)(C)C)C(=O)C(C(N)=O)N1CC(C(=O)[C@H](CCCCN)NC(=O)OC(C)(C)C)NC(=O)C(NCc2cccc3ccccc23)CSCC1=O. The quantitative estimate of drug-likeness (QED) is 0.0994. The zero-order chi connectivity index (χ0) is 44.1. The Morgan fingerprint density at radius 2 is 1.51 bits per heavy atom. The summed E-state index contributed by atoms with van der Waals surface area (Å²) in [5.74, 6) is -4.50. The van der Waals surface area contributed by atoms with Crippen LogP contribution in [0.4, 0.5) is 9.59 Å². The molecule has 3 rings (SSSR count). The zero-order valence-electron chi connectivity index (χ0n) is 35.6. The molecule has 0 bridgehead atoms. The number of nitrogens with two attached hydrogens (primary N) is 2. The molecule has 1 aliphatic rings. The van der Waals surface area contributed by atoms with E-state index in [1.807, 2.05) is 42.5 Å². The van der Waals surface area contributed by atoms with Gasteiger partial charge in [-0.2, -0.15) is 0 Å². The maximum atomic E-state index is 14.7. The van der Waals surface area contributed by atoms with Crippen molar-refractivity contribution in [1.82, 2.24) is 26.2 Å². The number of benzene rings is 2. The Balaban J connectivity index is 2.07. The molecule has 0 spiro atoms. The van der Waals surface area contributed by atoms with Gasteiger partial charge in [-0.25, -0.2) is 9.59 Å². The number of fused-ring (bicyclic) bond motifs is 1. The summed E-state index contributed by atoms with van der Waals surface area (Å²) in [5, 5.41) is 13.2. The molecular formula is C42H63N7O9S. The fraction of sp³-hybridized carbons (Fsp3) is 0.595. The molecule has 5 amide bonds. The lowest BCUT2D eigenvalue weighted by Crippen LogP contribution is -2.64. The van der Waals surface area contributed by atoms with E-state index < -0.39 is 89.4 Å². The van der Waals surface area contributed by atoms with Crippen molar-refractivity contribution in [3.05, 3.63) is 48.0 Å². The van der Waals surface area contributed by atoms with Crippen LogP contribution in [0.15, 0.2) is 42.5 Å². The van der Waals surface area contributed by atoms with Crippen LogP contribution < -0.4 is 32.7 Å². The first-order chi connectivity index (χ1) is 27.6. The number of ketones is 2. The highest BCUT2D eigenvalue weighted by atomic mass is 32.2. The highest BCUT2D eigenvalue weighted by molar-refractivity contribution is 8.00. The number of thioether (sulfide) groups is 1. The van der Waals surface area contributed by atoms with Crippen molar-refractivity contribution in [2.24, 2.45) is 17.4 Å². The minimum absolute atomic E-state index is 0.0603. The van der Waals surface area contributed by atoms with Crippen LogP contribution >= 0.6 is 11.8 Å². The number of carbonyl (C=O) groups excluding carboxylic acids is 7. The molecule has 326 valence electrons. The maximum Gasteiger partial charge on any atom is 0.408 e. The molecular weight excluding hydrogens is 779 g/mol. The summed E-state index contributed by atoms with van der Waals surface area (Å²) >= 11 is 1.10. The number of rotatable bonds is 17. The Morgan fingerprint density at radius 3 is 2.10 bits per heavy atom. The van der Waals surface area contributed by atoms with Gasteiger partial charge in [0.05, 0.1) is 23.9 Å². The average Bonchev–Trinajstić information content (AvgIpc) is 3.12. The van der Waals surface area contributed by atoms with Crippen LogP contribution in [0.2, 0.25) is 0 Å². The van der Waals surface area contributed by atoms with Gasteiger partial charge in [0.25, 0.3) is 0 Å². The predicted molar refractivity (Wildman–Crippen MR) is 227 cm³/mol. The van der Waals surface area contributed by atoms with Crippen molar-refractivity contribution in [3.8, 4) is 0 Å². The zero-order valence-corrected chi connectivity index (χ0v) is 36.4. The number of amides is 5. The van der Waals surface area contributed by atoms with Gasteiger partial charge in [0.2, 0.25) is 17.7 Å². The van der Waals surface area contributed by atoms with E-state index in [9.17, 15) is 33.6 Å². The molecule has 59 heavy (non-hydrogen) atoms. The first kappa shape index (κ1) is 48.6. The van der Waals surface area contributed by atoms with Gasteiger partial charge in [-0.05, 0) is 96.0 Å². The highest BCUT2D eigenvalue weighted by Gasteiger charge is 2.43. The minimum atomic E-state index is -1.96. The number of hydrogen-bond donors (Lipinski definition) is 6. The number of hydrogen-bond acceptors (Lipinski definition) is 12. The first-order valence-electron chi connectivity index (χ1n) is 20.0. The number of nitrogens with zero attached hydrogens (tertiary/aromatic N) is 1. The monoisotopic (exact) mass is 841 g/mol. The van der Waals surface area contributed by atoms with Gasteiger partial charge in [-0.1, -0.05) is 56.3 Å². The number of ether oxygens (including phenoxy) is 2. The highest BCUT2D eigenvalue weighted by Crippen LogP contribution is 2.21. The van der Waals surface area contributed by atoms with E-state index in [0.29, 0.717) is 19.4 Å². The van der Waals surface area contributed by atoms with Gasteiger partial charge in [-0.3, -0.25) is 24.0 Å². The minimum Gasteiger partial charge on any atom is -0.444 e. The standard InChI is InChI=1S/C42H63N7O9S/c1-25(2)20-30(48-40(56)58-42(6,7)8)36(52)34(37(44)53)49-22-31(35(51)29(18-11-12-19-43)47-39(55)57-41(3,4)5)46-38(54)32(23-59-24-33(49)50)45-21-27-16-13-15-26-14-9-10-17-28(26)27/h9-10,13-17,25,29-32,34,45H,11-12,18-24,43H2,1-8H3,(H2,44,53)(H,46,54)(H,47,55)(H,48,56)/t29-,30-,31?,32?,34?/m0/s1. The van der Waals surface area contributed by atoms with Crippen molar-refractivity contribution >= 4 is 64.0 Å². The number of unbranched alkanes of at least 4 members (excludes halogenated alkanes) is 1. The summed E-state index contributed by atoms with van der Waals surface area (Å²) in [7, 11) is 0. The summed E-state index contributed by atoms with van der Waals surface area (Å²) in [4.78, 5) is 97.6. The Kier molecular flexibility index (Phi) is 18.2. The third-order valence-corrected chi connectivity index (χ3v) is 10.2. The van der Waals surface area contributed by atoms with Crippen LogP contribution in [0.1, 0.15) is 86.6 Å². The fourth-order valence-electron chi connectivity index (χ4n) is 6.56. The van der Waals surface area contributed by atoms with Crippen molar-refractivity contribution < 1.29 is 43.0 Å². The Hall–Kier alpha value is -4.74. The molecule has 0 radical (unpaired) electrons. The molecule has 5 atom stereocenters. The second-order valence-corrected chi connectivity index (χ2v) is 18.1. The maximum absolute atomic E-state index is 14.7. The molecule has 2 aromatic rings. The summed E-state index contributed by atoms with van der Waals surface area (Å²) < 4.78 is 10.8. The van der Waals surface area contributed by atoms with Crippen molar-refractivity contribution in [1.29, 1.82) is 0 Å². The van der Waals surface area contributed by atoms with Crippen LogP contribution in [-0.2, 0) is 40.0 Å². The molecule has 0 saturated carbocycles. The van der Waals surface area contributed by atoms with Crippen LogP contribution in [0, 0.1) is 5.92 Å². The molecule has 0 aromatic heterocycles. The van der Waals surface area contributed by atoms with E-state index in [-0.39, 0.29) is 36.8 Å². The summed E-state index contributed by atoms with van der Waals surface area (Å²) in [6, 6.07) is 6.69. The van der Waals surface area contributed by atoms with E-state index in [2.05, 4.69) is 21.3 Å². The Bertz CT molecular complexity index is 1800. The molecule has 8 N–H and O–H groups in total. The van der Waals surface area contributed by atoms with E-state index in [1.54, 1.807) is 55.4 Å². The van der Waals surface area contributed by atoms with Crippen LogP contribution in [0.3, 0.4) is 0 Å². The van der Waals surface area contributed by atoms with Gasteiger partial charge in [0, 0.05) is 18.8 Å². The summed E-state index contributed by atoms with van der Waals surface area (Å²) in [6.07, 6.45) is -0.720. The molecule has 0 aliphatic carbocycles. The lowest BCUT2D eigenvalue weighted by molar-refractivity contribution is -0.146. The normalized spacial score (nSPS) is 18.3. The molecule has 1 aliphatic heterocycles. The number of carbonyl (C=O) groups is 7. The predicted octanol–water partition coefficient (Wildman–Crippen LogP) is 3.31. The van der Waals surface area contributed by atoms with Crippen LogP contribution in [0.25, 0.3) is 10.8 Å². The lowest BCUT2D eigenvalue weighted by atomic mass is 9.93. The number of nitrogens with one attached hydrogen (secondary N) is 4. The number of primary amides is 1. The van der Waals surface area contributed by atoms with Crippen molar-refractivity contribution in [2.45, 2.75) is 129 Å². The van der Waals surface area contributed by atoms with E-state index in [0.717, 1.165) is 33.0 Å². The lowest BCUT2D eigenvalue weighted by Gasteiger charge is -2.36. The second kappa shape index (κ2) is 22.0. The Labute approximate surface area is 351 Å². The summed E-state index contributed by atoms with van der Waals surface area (Å²) in [6.45, 7) is 13.5. The Morgan fingerprint density at radius 1 is 0.898 bits per heavy atom. The molecule has 3 unspecified atom stereocenters. The first-order valence-corrected chi connectivity index (χ1v) is 21.2. The largest absolute Gasteiger partial charge is 0.444 e. The number of Topliss-reactive ketones (excluding diaryl/α,β-unsaturated/α-hetero) is 2. The number of alkyl carbamates (subject to hydrolysis) is 2. The van der Waals surface area contributed by atoms with Crippen molar-refractivity contribution in [3.63, 3.8) is 0 Å². The van der Waals surface area contributed by atoms with Gasteiger partial charge in [0.15, 0.2) is 17.6 Å². The molecule has 16 nitrogen and oxygen atoms in total. The molecule has 17 heteroatoms. The average molecular weight is 842 g/mol. The molecule has 1 saturated heterocycles. The third-order valence-electron chi connectivity index (χ3n) is 9.18. The molecule has 1 fully saturated rings. The van der Waals surface area contributed by atoms with Crippen LogP contribution in [0.5, 0.6) is 0 Å². The molecule has 2 aromatic carbocycles. The third kappa shape index (κ3) is 15.8. The van der Waals surface area contributed by atoms with E-state index in [1.165, 1.54) is 0 Å². The van der Waals surface area contributed by atoms with Crippen molar-refractivity contribution in [2.75, 3.05) is 24.6 Å².